The SMILES string of the molecule is CN(C)c1ccc2cc(C(=O)N3CCN(c4nnc(C(F)(F)F)s4)CC3)[nH]c2c1. The molecule has 1 aliphatic heterocycles. The highest BCUT2D eigenvalue weighted by Gasteiger charge is 2.36. The first-order valence-electron chi connectivity index (χ1n) is 8.97. The Morgan fingerprint density at radius 1 is 1.14 bits per heavy atom. The third-order valence-corrected chi connectivity index (χ3v) is 5.88. The molecule has 0 aliphatic carbocycles. The number of hydrogen-bond acceptors (Lipinski definition) is 6. The fourth-order valence-corrected chi connectivity index (χ4v) is 4.00. The lowest BCUT2D eigenvalue weighted by molar-refractivity contribution is -0.138. The Kier molecular flexibility index (Phi) is 4.85. The van der Waals surface area contributed by atoms with Crippen molar-refractivity contribution >= 4 is 39.0 Å². The van der Waals surface area contributed by atoms with Crippen LogP contribution in [0.15, 0.2) is 24.3 Å². The second kappa shape index (κ2) is 7.21. The maximum absolute atomic E-state index is 12.9. The van der Waals surface area contributed by atoms with Gasteiger partial charge in [0.25, 0.3) is 5.91 Å². The van der Waals surface area contributed by atoms with Crippen molar-refractivity contribution in [2.24, 2.45) is 0 Å². The number of carbonyl (C=O) groups is 1. The molecule has 1 aliphatic rings. The molecule has 7 nitrogen and oxygen atoms in total. The molecule has 1 aromatic carbocycles. The zero-order valence-electron chi connectivity index (χ0n) is 15.8. The number of benzene rings is 1. The Morgan fingerprint density at radius 3 is 2.48 bits per heavy atom. The van der Waals surface area contributed by atoms with E-state index in [0.717, 1.165) is 16.6 Å². The number of H-pyrrole nitrogens is 1. The van der Waals surface area contributed by atoms with Crippen LogP contribution in [0.3, 0.4) is 0 Å². The van der Waals surface area contributed by atoms with Gasteiger partial charge < -0.3 is 19.7 Å². The Hall–Kier alpha value is -2.82. The third-order valence-electron chi connectivity index (χ3n) is 4.85. The van der Waals surface area contributed by atoms with E-state index in [2.05, 4.69) is 15.2 Å². The van der Waals surface area contributed by atoms with Crippen LogP contribution in [-0.4, -0.2) is 66.3 Å². The Labute approximate surface area is 168 Å². The molecule has 0 radical (unpaired) electrons. The van der Waals surface area contributed by atoms with Gasteiger partial charge in [-0.2, -0.15) is 13.2 Å². The monoisotopic (exact) mass is 424 g/mol. The summed E-state index contributed by atoms with van der Waals surface area (Å²) in [4.78, 5) is 21.4. The van der Waals surface area contributed by atoms with Crippen molar-refractivity contribution in [1.29, 1.82) is 0 Å². The van der Waals surface area contributed by atoms with Crippen LogP contribution < -0.4 is 9.80 Å². The van der Waals surface area contributed by atoms with Crippen LogP contribution in [0, 0.1) is 0 Å². The average molecular weight is 424 g/mol. The average Bonchev–Trinajstić information content (AvgIpc) is 3.34. The smallest absolute Gasteiger partial charge is 0.378 e. The van der Waals surface area contributed by atoms with Gasteiger partial charge in [-0.3, -0.25) is 4.79 Å². The molecule has 4 rings (SSSR count). The lowest BCUT2D eigenvalue weighted by atomic mass is 10.2. The van der Waals surface area contributed by atoms with Gasteiger partial charge >= 0.3 is 6.18 Å². The quantitative estimate of drug-likeness (QED) is 0.700. The van der Waals surface area contributed by atoms with Crippen LogP contribution in [-0.2, 0) is 6.18 Å². The van der Waals surface area contributed by atoms with Crippen LogP contribution >= 0.6 is 11.3 Å². The van der Waals surface area contributed by atoms with E-state index in [1.54, 1.807) is 9.80 Å². The number of aromatic nitrogens is 3. The molecule has 2 aromatic heterocycles. The first-order valence-corrected chi connectivity index (χ1v) is 9.79. The Balaban J connectivity index is 1.44. The van der Waals surface area contributed by atoms with Gasteiger partial charge in [-0.15, -0.1) is 10.2 Å². The summed E-state index contributed by atoms with van der Waals surface area (Å²) in [6.45, 7) is 1.61. The summed E-state index contributed by atoms with van der Waals surface area (Å²) in [6.07, 6.45) is -4.49. The largest absolute Gasteiger partial charge is 0.445 e. The highest BCUT2D eigenvalue weighted by molar-refractivity contribution is 7.15. The number of piperazine rings is 1. The first-order chi connectivity index (χ1) is 13.7. The zero-order chi connectivity index (χ0) is 20.8. The van der Waals surface area contributed by atoms with E-state index >= 15 is 0 Å². The number of nitrogens with one attached hydrogen (secondary N) is 1. The molecule has 1 N–H and O–H groups in total. The van der Waals surface area contributed by atoms with Crippen molar-refractivity contribution in [1.82, 2.24) is 20.1 Å². The topological polar surface area (TPSA) is 68.4 Å². The first kappa shape index (κ1) is 19.5. The van der Waals surface area contributed by atoms with Crippen molar-refractivity contribution in [2.75, 3.05) is 50.1 Å². The third kappa shape index (κ3) is 3.86. The van der Waals surface area contributed by atoms with Crippen molar-refractivity contribution in [3.05, 3.63) is 35.0 Å². The number of fused-ring (bicyclic) bond motifs is 1. The standard InChI is InChI=1S/C18H19F3N6OS/c1-25(2)12-4-3-11-9-14(22-13(11)10-12)15(28)26-5-7-27(8-6-26)17-24-23-16(29-17)18(19,20)21/h3-4,9-10,22H,5-8H2,1-2H3. The van der Waals surface area contributed by atoms with Gasteiger partial charge in [0, 0.05) is 56.9 Å². The fourth-order valence-electron chi connectivity index (χ4n) is 3.24. The lowest BCUT2D eigenvalue weighted by Gasteiger charge is -2.34. The summed E-state index contributed by atoms with van der Waals surface area (Å²) in [5, 5.41) is 7.09. The van der Waals surface area contributed by atoms with Gasteiger partial charge in [-0.05, 0) is 18.2 Å². The van der Waals surface area contributed by atoms with Gasteiger partial charge in [0.1, 0.15) is 5.69 Å². The van der Waals surface area contributed by atoms with E-state index in [9.17, 15) is 18.0 Å². The molecule has 29 heavy (non-hydrogen) atoms. The molecule has 11 heteroatoms. The van der Waals surface area contributed by atoms with Crippen molar-refractivity contribution in [2.45, 2.75) is 6.18 Å². The summed E-state index contributed by atoms with van der Waals surface area (Å²) in [7, 11) is 3.90. The molecule has 0 unspecified atom stereocenters. The van der Waals surface area contributed by atoms with Crippen LogP contribution in [0.5, 0.6) is 0 Å². The zero-order valence-corrected chi connectivity index (χ0v) is 16.6. The van der Waals surface area contributed by atoms with Crippen LogP contribution in [0.2, 0.25) is 0 Å². The van der Waals surface area contributed by atoms with E-state index < -0.39 is 11.2 Å². The van der Waals surface area contributed by atoms with Gasteiger partial charge in [-0.1, -0.05) is 17.4 Å². The summed E-state index contributed by atoms with van der Waals surface area (Å²) in [5.74, 6) is -0.125. The van der Waals surface area contributed by atoms with E-state index in [4.69, 9.17) is 0 Å². The van der Waals surface area contributed by atoms with E-state index in [1.165, 1.54) is 0 Å². The molecule has 3 heterocycles. The molecule has 0 saturated carbocycles. The van der Waals surface area contributed by atoms with E-state index in [0.29, 0.717) is 43.2 Å². The van der Waals surface area contributed by atoms with Crippen LogP contribution in [0.1, 0.15) is 15.5 Å². The van der Waals surface area contributed by atoms with E-state index in [-0.39, 0.29) is 11.0 Å². The minimum Gasteiger partial charge on any atom is -0.378 e. The lowest BCUT2D eigenvalue weighted by Crippen LogP contribution is -2.48. The number of hydrogen-bond donors (Lipinski definition) is 1. The Bertz CT molecular complexity index is 1040. The summed E-state index contributed by atoms with van der Waals surface area (Å²) < 4.78 is 38.1. The number of anilines is 2. The second-order valence-corrected chi connectivity index (χ2v) is 7.97. The molecule has 0 bridgehead atoms. The predicted octanol–water partition coefficient (Wildman–Crippen LogP) is 3.07. The molecule has 0 atom stereocenters. The summed E-state index contributed by atoms with van der Waals surface area (Å²) >= 11 is 0.524. The summed E-state index contributed by atoms with van der Waals surface area (Å²) in [6, 6.07) is 7.76. The minimum absolute atomic E-state index is 0.125. The van der Waals surface area contributed by atoms with Gasteiger partial charge in [0.2, 0.25) is 10.1 Å². The number of rotatable bonds is 3. The molecular weight excluding hydrogens is 405 g/mol. The van der Waals surface area contributed by atoms with Crippen LogP contribution in [0.25, 0.3) is 10.9 Å². The Morgan fingerprint density at radius 2 is 1.86 bits per heavy atom. The number of carbonyl (C=O) groups excluding carboxylic acids is 1. The molecule has 0 spiro atoms. The maximum atomic E-state index is 12.9. The van der Waals surface area contributed by atoms with Gasteiger partial charge in [0.15, 0.2) is 0 Å². The van der Waals surface area contributed by atoms with Gasteiger partial charge in [-0.25, -0.2) is 0 Å². The van der Waals surface area contributed by atoms with Crippen molar-refractivity contribution < 1.29 is 18.0 Å². The molecular formula is C18H19F3N6OS. The number of halogens is 3. The highest BCUT2D eigenvalue weighted by Crippen LogP contribution is 2.34. The predicted molar refractivity (Wildman–Crippen MR) is 106 cm³/mol. The number of alkyl halides is 3. The number of nitrogens with zero attached hydrogens (tertiary/aromatic N) is 5. The number of amides is 1. The molecule has 1 saturated heterocycles. The molecule has 1 fully saturated rings. The van der Waals surface area contributed by atoms with Crippen molar-refractivity contribution in [3.63, 3.8) is 0 Å². The second-order valence-electron chi connectivity index (χ2n) is 7.02. The molecule has 154 valence electrons. The van der Waals surface area contributed by atoms with Crippen molar-refractivity contribution in [3.8, 4) is 0 Å². The highest BCUT2D eigenvalue weighted by atomic mass is 32.1. The van der Waals surface area contributed by atoms with Crippen LogP contribution in [0.4, 0.5) is 24.0 Å². The minimum atomic E-state index is -4.49. The normalized spacial score (nSPS) is 15.2. The maximum Gasteiger partial charge on any atom is 0.445 e. The molecule has 3 aromatic rings. The molecule has 1 amide bonds. The number of aromatic amines is 1. The fraction of sp³-hybridized carbons (Fsp3) is 0.389. The summed E-state index contributed by atoms with van der Waals surface area (Å²) in [5.41, 5.74) is 2.41. The van der Waals surface area contributed by atoms with Gasteiger partial charge in [0.05, 0.1) is 0 Å². The van der Waals surface area contributed by atoms with E-state index in [1.807, 2.05) is 43.3 Å².